The van der Waals surface area contributed by atoms with Crippen molar-refractivity contribution in [1.82, 2.24) is 13.3 Å². The van der Waals surface area contributed by atoms with Crippen LogP contribution in [0.5, 0.6) is 0 Å². The van der Waals surface area contributed by atoms with Crippen LogP contribution in [-0.4, -0.2) is 43.2 Å². The molecule has 11 heteroatoms. The van der Waals surface area contributed by atoms with E-state index < -0.39 is 32.2 Å². The lowest BCUT2D eigenvalue weighted by atomic mass is 10.0. The quantitative estimate of drug-likeness (QED) is 0.347. The van der Waals surface area contributed by atoms with Crippen molar-refractivity contribution in [1.29, 1.82) is 0 Å². The van der Waals surface area contributed by atoms with Gasteiger partial charge in [-0.25, -0.2) is 34.6 Å². The first kappa shape index (κ1) is 24.5. The van der Waals surface area contributed by atoms with Crippen molar-refractivity contribution in [2.75, 3.05) is 13.1 Å². The van der Waals surface area contributed by atoms with Crippen LogP contribution in [0.4, 0.5) is 8.78 Å². The number of fused-ring (bicyclic) bond motifs is 1. The molecule has 1 fully saturated rings. The maximum Gasteiger partial charge on any atom is 0.279 e. The smallest absolute Gasteiger partial charge is 0.237 e. The van der Waals surface area contributed by atoms with E-state index in [1.165, 1.54) is 46.9 Å². The Balaban J connectivity index is 1.61. The molecule has 2 aromatic heterocycles. The van der Waals surface area contributed by atoms with Crippen LogP contribution in [0.1, 0.15) is 31.4 Å². The van der Waals surface area contributed by atoms with Gasteiger partial charge in [0, 0.05) is 24.7 Å². The Morgan fingerprint density at radius 3 is 2.06 bits per heavy atom. The first-order valence-corrected chi connectivity index (χ1v) is 14.3. The average molecular weight is 532 g/mol. The highest BCUT2D eigenvalue weighted by Gasteiger charge is 2.29. The van der Waals surface area contributed by atoms with Crippen molar-refractivity contribution in [2.24, 2.45) is 0 Å². The van der Waals surface area contributed by atoms with Gasteiger partial charge in [-0.3, -0.25) is 0 Å². The molecule has 0 atom stereocenters. The molecule has 0 bridgehead atoms. The van der Waals surface area contributed by atoms with E-state index >= 15 is 0 Å². The number of benzene rings is 2. The Morgan fingerprint density at radius 1 is 0.778 bits per heavy atom. The summed E-state index contributed by atoms with van der Waals surface area (Å²) in [4.78, 5) is 4.14. The zero-order valence-corrected chi connectivity index (χ0v) is 20.7. The number of halogens is 2. The van der Waals surface area contributed by atoms with E-state index in [4.69, 9.17) is 0 Å². The third-order valence-corrected chi connectivity index (χ3v) is 9.96. The summed E-state index contributed by atoms with van der Waals surface area (Å²) in [6.07, 6.45) is 0.928. The first-order valence-electron chi connectivity index (χ1n) is 11.4. The first-order chi connectivity index (χ1) is 17.2. The fourth-order valence-electron chi connectivity index (χ4n) is 4.51. The normalized spacial score (nSPS) is 15.5. The minimum Gasteiger partial charge on any atom is -0.237 e. The highest BCUT2D eigenvalue weighted by molar-refractivity contribution is 7.90. The number of aromatic nitrogens is 2. The highest BCUT2D eigenvalue weighted by Crippen LogP contribution is 2.36. The van der Waals surface area contributed by atoms with E-state index in [-0.39, 0.29) is 20.8 Å². The van der Waals surface area contributed by atoms with Gasteiger partial charge in [0.25, 0.3) is 16.4 Å². The van der Waals surface area contributed by atoms with Crippen molar-refractivity contribution in [3.05, 3.63) is 78.6 Å². The van der Waals surface area contributed by atoms with Crippen molar-refractivity contribution in [3.8, 4) is 11.1 Å². The van der Waals surface area contributed by atoms with Crippen LogP contribution >= 0.6 is 0 Å². The Morgan fingerprint density at radius 2 is 1.42 bits per heavy atom. The molecule has 1 aliphatic heterocycles. The molecule has 188 valence electrons. The van der Waals surface area contributed by atoms with Gasteiger partial charge in [0.2, 0.25) is 10.0 Å². The van der Waals surface area contributed by atoms with Gasteiger partial charge < -0.3 is 0 Å². The van der Waals surface area contributed by atoms with Crippen molar-refractivity contribution in [2.45, 2.75) is 35.5 Å². The molecular formula is C25H23F2N3O4S2. The van der Waals surface area contributed by atoms with Gasteiger partial charge >= 0.3 is 0 Å². The third-order valence-electron chi connectivity index (χ3n) is 6.31. The zero-order valence-electron chi connectivity index (χ0n) is 19.1. The summed E-state index contributed by atoms with van der Waals surface area (Å²) in [6, 6.07) is 16.2. The number of nitrogens with zero attached hydrogens (tertiary/aromatic N) is 3. The highest BCUT2D eigenvalue weighted by atomic mass is 32.2. The van der Waals surface area contributed by atoms with E-state index in [2.05, 4.69) is 4.98 Å². The SMILES string of the molecule is O=S(=O)(c1ccc(-c2ccnc3c2cc(C(F)F)n3S(=O)(=O)c2ccccc2)cc1)N1CCCCC1. The fourth-order valence-corrected chi connectivity index (χ4v) is 7.52. The summed E-state index contributed by atoms with van der Waals surface area (Å²) in [5.41, 5.74) is 0.190. The van der Waals surface area contributed by atoms with Crippen LogP contribution in [-0.2, 0) is 20.0 Å². The number of sulfonamides is 1. The lowest BCUT2D eigenvalue weighted by Gasteiger charge is -2.25. The summed E-state index contributed by atoms with van der Waals surface area (Å²) in [7, 11) is -7.98. The van der Waals surface area contributed by atoms with Crippen LogP contribution in [0, 0.1) is 0 Å². The zero-order chi connectivity index (χ0) is 25.5. The molecule has 5 rings (SSSR count). The van der Waals surface area contributed by atoms with Crippen LogP contribution in [0.15, 0.2) is 82.7 Å². The Hall–Kier alpha value is -3.15. The summed E-state index contributed by atoms with van der Waals surface area (Å²) < 4.78 is 82.7. The third kappa shape index (κ3) is 4.21. The molecule has 36 heavy (non-hydrogen) atoms. The minimum absolute atomic E-state index is 0.128. The molecule has 0 N–H and O–H groups in total. The predicted octanol–water partition coefficient (Wildman–Crippen LogP) is 5.05. The van der Waals surface area contributed by atoms with Crippen LogP contribution < -0.4 is 0 Å². The van der Waals surface area contributed by atoms with Crippen molar-refractivity contribution < 1.29 is 25.6 Å². The Bertz CT molecular complexity index is 1610. The van der Waals surface area contributed by atoms with Crippen molar-refractivity contribution >= 4 is 31.1 Å². The maximum atomic E-state index is 14.0. The Kier molecular flexibility index (Phi) is 6.39. The predicted molar refractivity (Wildman–Crippen MR) is 132 cm³/mol. The maximum absolute atomic E-state index is 14.0. The van der Waals surface area contributed by atoms with Crippen LogP contribution in [0.2, 0.25) is 0 Å². The monoisotopic (exact) mass is 531 g/mol. The molecule has 1 saturated heterocycles. The second-order valence-corrected chi connectivity index (χ2v) is 12.3. The summed E-state index contributed by atoms with van der Waals surface area (Å²) in [6.45, 7) is 0.962. The topological polar surface area (TPSA) is 89.3 Å². The molecule has 4 aromatic rings. The number of rotatable bonds is 6. The van der Waals surface area contributed by atoms with E-state index in [1.807, 2.05) is 0 Å². The van der Waals surface area contributed by atoms with E-state index in [0.29, 0.717) is 28.2 Å². The summed E-state index contributed by atoms with van der Waals surface area (Å²) in [5.74, 6) is 0. The molecule has 0 spiro atoms. The van der Waals surface area contributed by atoms with Gasteiger partial charge in [0.05, 0.1) is 9.79 Å². The molecule has 0 unspecified atom stereocenters. The van der Waals surface area contributed by atoms with E-state index in [1.54, 1.807) is 24.3 Å². The lowest BCUT2D eigenvalue weighted by Crippen LogP contribution is -2.35. The van der Waals surface area contributed by atoms with Crippen LogP contribution in [0.3, 0.4) is 0 Å². The lowest BCUT2D eigenvalue weighted by molar-refractivity contribution is 0.145. The molecule has 3 heterocycles. The van der Waals surface area contributed by atoms with Gasteiger partial charge in [-0.1, -0.05) is 36.8 Å². The minimum atomic E-state index is -4.35. The molecular weight excluding hydrogens is 508 g/mol. The molecule has 0 aliphatic carbocycles. The van der Waals surface area contributed by atoms with Gasteiger partial charge in [-0.05, 0) is 60.4 Å². The molecule has 0 amide bonds. The second-order valence-electron chi connectivity index (χ2n) is 8.54. The average Bonchev–Trinajstić information content (AvgIpc) is 3.31. The molecule has 2 aromatic carbocycles. The van der Waals surface area contributed by atoms with Gasteiger partial charge in [-0.15, -0.1) is 0 Å². The standard InChI is InChI=1S/C25H23F2N3O4S2/c26-24(27)23-17-22-21(13-14-28-25(22)30(23)36(33,34)19-7-3-1-4-8-19)18-9-11-20(12-10-18)35(31,32)29-15-5-2-6-16-29/h1,3-4,7-14,17,24H,2,5-6,15-16H2. The fraction of sp³-hybridized carbons (Fsp3) is 0.240. The van der Waals surface area contributed by atoms with Crippen molar-refractivity contribution in [3.63, 3.8) is 0 Å². The number of pyridine rings is 1. The number of hydrogen-bond donors (Lipinski definition) is 0. The summed E-state index contributed by atoms with van der Waals surface area (Å²) >= 11 is 0. The summed E-state index contributed by atoms with van der Waals surface area (Å²) in [5, 5.41) is 0.221. The molecule has 0 radical (unpaired) electrons. The number of piperidine rings is 1. The largest absolute Gasteiger partial charge is 0.279 e. The number of hydrogen-bond acceptors (Lipinski definition) is 5. The second kappa shape index (κ2) is 9.38. The van der Waals surface area contributed by atoms with Gasteiger partial charge in [-0.2, -0.15) is 4.31 Å². The van der Waals surface area contributed by atoms with E-state index in [0.717, 1.165) is 25.3 Å². The van der Waals surface area contributed by atoms with Crippen LogP contribution in [0.25, 0.3) is 22.2 Å². The van der Waals surface area contributed by atoms with Gasteiger partial charge in [0.1, 0.15) is 5.69 Å². The van der Waals surface area contributed by atoms with E-state index in [9.17, 15) is 25.6 Å². The Labute approximate surface area is 208 Å². The molecule has 0 saturated carbocycles. The number of alkyl halides is 2. The molecule has 1 aliphatic rings. The molecule has 7 nitrogen and oxygen atoms in total. The van der Waals surface area contributed by atoms with Gasteiger partial charge in [0.15, 0.2) is 5.65 Å².